The van der Waals surface area contributed by atoms with E-state index in [4.69, 9.17) is 5.11 Å². The Kier molecular flexibility index (Phi) is 6.24. The molecule has 30 heavy (non-hydrogen) atoms. The molecule has 3 aromatic carbocycles. The summed E-state index contributed by atoms with van der Waals surface area (Å²) in [7, 11) is 0. The molecule has 5 rings (SSSR count). The number of aromatic nitrogens is 4. The summed E-state index contributed by atoms with van der Waals surface area (Å²) in [5.74, 6) is 0.0104. The van der Waals surface area contributed by atoms with Crippen molar-refractivity contribution in [1.29, 1.82) is 0 Å². The molecular weight excluding hydrogens is 483 g/mol. The van der Waals surface area contributed by atoms with E-state index in [1.807, 2.05) is 0 Å². The Morgan fingerprint density at radius 2 is 1.23 bits per heavy atom. The van der Waals surface area contributed by atoms with Gasteiger partial charge in [-0.2, -0.15) is 14.6 Å². The van der Waals surface area contributed by atoms with Crippen LogP contribution in [0.5, 0.6) is 5.88 Å². The summed E-state index contributed by atoms with van der Waals surface area (Å²) < 4.78 is 5.72. The van der Waals surface area contributed by atoms with E-state index in [0.29, 0.717) is 0 Å². The molecule has 147 valence electrons. The number of H-pyrrole nitrogens is 1. The summed E-state index contributed by atoms with van der Waals surface area (Å²) in [6, 6.07) is 34.0. The number of hydrogen-bond acceptors (Lipinski definition) is 4. The second-order valence-electron chi connectivity index (χ2n) is 6.46. The molecule has 7 heteroatoms. The van der Waals surface area contributed by atoms with Crippen molar-refractivity contribution in [2.24, 2.45) is 0 Å². The number of aromatic hydroxyl groups is 1. The molecule has 0 spiro atoms. The molecule has 0 fully saturated rings. The number of hydrogen-bond donors (Lipinski definition) is 2. The van der Waals surface area contributed by atoms with Crippen LogP contribution in [0.15, 0.2) is 108 Å². The van der Waals surface area contributed by atoms with Crippen LogP contribution in [0.3, 0.4) is 0 Å². The van der Waals surface area contributed by atoms with Gasteiger partial charge in [0, 0.05) is 0 Å². The minimum atomic E-state index is -1.98. The van der Waals surface area contributed by atoms with Crippen molar-refractivity contribution in [3.8, 4) is 5.88 Å². The van der Waals surface area contributed by atoms with Crippen LogP contribution in [-0.4, -0.2) is 44.4 Å². The first kappa shape index (κ1) is 19.9. The minimum absolute atomic E-state index is 0.221. The van der Waals surface area contributed by atoms with Crippen molar-refractivity contribution in [3.05, 3.63) is 114 Å². The quantitative estimate of drug-likeness (QED) is 0.365. The van der Waals surface area contributed by atoms with Gasteiger partial charge < -0.3 is 5.11 Å². The van der Waals surface area contributed by atoms with Crippen LogP contribution < -0.4 is 16.3 Å². The molecule has 6 nitrogen and oxygen atoms in total. The molecule has 0 bridgehead atoms. The van der Waals surface area contributed by atoms with E-state index >= 15 is 0 Å². The Bertz CT molecular complexity index is 1180. The molecule has 5 aromatic rings. The summed E-state index contributed by atoms with van der Waals surface area (Å²) in [5, 5.41) is 12.7. The Morgan fingerprint density at radius 1 is 0.767 bits per heavy atom. The molecule has 0 saturated carbocycles. The van der Waals surface area contributed by atoms with Gasteiger partial charge in [-0.1, -0.05) is 0 Å². The standard InChI is InChI=1S/3C6H5.C5H4N4O2.Sn/c3*1-2-4-6-5-3-1;10-3-1-4(11)9-5(8-3)6-2-7-9;/h3*1-5H;1-2,11H,(H,6,7,8,10);. The second kappa shape index (κ2) is 9.40. The fraction of sp³-hybridized carbons (Fsp3) is 0. The fourth-order valence-electron chi connectivity index (χ4n) is 3.13. The zero-order chi connectivity index (χ0) is 20.8. The molecule has 0 aliphatic heterocycles. The van der Waals surface area contributed by atoms with E-state index in [1.165, 1.54) is 17.1 Å². The predicted octanol–water partition coefficient (Wildman–Crippen LogP) is 1.33. The van der Waals surface area contributed by atoms with Crippen molar-refractivity contribution in [3.63, 3.8) is 0 Å². The van der Waals surface area contributed by atoms with Crippen molar-refractivity contribution in [2.45, 2.75) is 0 Å². The maximum absolute atomic E-state index is 10.7. The molecule has 0 aliphatic carbocycles. The summed E-state index contributed by atoms with van der Waals surface area (Å²) in [6.45, 7) is 0. The summed E-state index contributed by atoms with van der Waals surface area (Å²) >= 11 is -1.98. The molecule has 0 saturated heterocycles. The zero-order valence-corrected chi connectivity index (χ0v) is 18.9. The molecule has 2 N–H and O–H groups in total. The van der Waals surface area contributed by atoms with E-state index in [0.717, 1.165) is 10.6 Å². The average Bonchev–Trinajstić information content (AvgIpc) is 3.26. The first-order valence-corrected chi connectivity index (χ1v) is 13.7. The zero-order valence-electron chi connectivity index (χ0n) is 16.0. The van der Waals surface area contributed by atoms with Gasteiger partial charge in [0.05, 0.1) is 6.07 Å². The molecule has 0 atom stereocenters. The molecular formula is C23H19N4O2Sn. The number of aromatic amines is 1. The Morgan fingerprint density at radius 3 is 1.70 bits per heavy atom. The Balaban J connectivity index is 0.000000168. The summed E-state index contributed by atoms with van der Waals surface area (Å²) in [5.41, 5.74) is -0.400. The van der Waals surface area contributed by atoms with Gasteiger partial charge in [0.2, 0.25) is 11.7 Å². The third-order valence-corrected chi connectivity index (χ3v) is 12.2. The normalized spacial score (nSPS) is 10.6. The summed E-state index contributed by atoms with van der Waals surface area (Å²) in [6.07, 6.45) is 1.24. The van der Waals surface area contributed by atoms with Gasteiger partial charge in [0.15, 0.2) is 0 Å². The molecule has 0 unspecified atom stereocenters. The van der Waals surface area contributed by atoms with Crippen LogP contribution in [0.1, 0.15) is 0 Å². The van der Waals surface area contributed by atoms with Gasteiger partial charge >= 0.3 is 121 Å². The topological polar surface area (TPSA) is 83.3 Å². The van der Waals surface area contributed by atoms with E-state index in [-0.39, 0.29) is 11.7 Å². The number of nitrogens with zero attached hydrogens (tertiary/aromatic N) is 3. The van der Waals surface area contributed by atoms with Gasteiger partial charge in [0.1, 0.15) is 6.33 Å². The molecule has 0 amide bonds. The molecule has 0 aliphatic rings. The van der Waals surface area contributed by atoms with E-state index in [2.05, 4.69) is 106 Å². The molecule has 2 heterocycles. The van der Waals surface area contributed by atoms with Crippen LogP contribution >= 0.6 is 0 Å². The van der Waals surface area contributed by atoms with Gasteiger partial charge in [-0.3, -0.25) is 9.78 Å². The average molecular weight is 502 g/mol. The number of fused-ring (bicyclic) bond motifs is 1. The van der Waals surface area contributed by atoms with Gasteiger partial charge in [-0.25, -0.2) is 0 Å². The Hall–Kier alpha value is -3.39. The molecule has 1 radical (unpaired) electrons. The SMILES string of the molecule is O=c1cc(O)n2ncnc2[nH]1.c1cc[c]([Sn]([c]2ccccc2)[c]2ccccc2)cc1. The van der Waals surface area contributed by atoms with Crippen LogP contribution in [0.4, 0.5) is 0 Å². The second-order valence-corrected chi connectivity index (χ2v) is 13.5. The third-order valence-electron chi connectivity index (χ3n) is 4.45. The van der Waals surface area contributed by atoms with Gasteiger partial charge in [0.25, 0.3) is 5.56 Å². The summed E-state index contributed by atoms with van der Waals surface area (Å²) in [4.78, 5) is 16.8. The van der Waals surface area contributed by atoms with E-state index < -0.39 is 25.3 Å². The third kappa shape index (κ3) is 4.60. The van der Waals surface area contributed by atoms with Crippen molar-refractivity contribution in [2.75, 3.05) is 0 Å². The van der Waals surface area contributed by atoms with E-state index in [1.54, 1.807) is 0 Å². The van der Waals surface area contributed by atoms with Crippen LogP contribution in [0.2, 0.25) is 0 Å². The fourth-order valence-corrected chi connectivity index (χ4v) is 10.5. The van der Waals surface area contributed by atoms with Crippen LogP contribution in [-0.2, 0) is 0 Å². The van der Waals surface area contributed by atoms with E-state index in [9.17, 15) is 4.79 Å². The first-order chi connectivity index (χ1) is 14.7. The first-order valence-electron chi connectivity index (χ1n) is 9.37. The number of rotatable bonds is 3. The van der Waals surface area contributed by atoms with Crippen molar-refractivity contribution in [1.82, 2.24) is 19.6 Å². The van der Waals surface area contributed by atoms with Gasteiger partial charge in [-0.15, -0.1) is 0 Å². The van der Waals surface area contributed by atoms with Crippen molar-refractivity contribution >= 4 is 36.3 Å². The number of nitrogens with one attached hydrogen (secondary N) is 1. The Labute approximate surface area is 180 Å². The van der Waals surface area contributed by atoms with Crippen LogP contribution in [0.25, 0.3) is 5.78 Å². The monoisotopic (exact) mass is 503 g/mol. The predicted molar refractivity (Wildman–Crippen MR) is 119 cm³/mol. The van der Waals surface area contributed by atoms with Gasteiger partial charge in [-0.05, 0) is 0 Å². The molecule has 2 aromatic heterocycles. The van der Waals surface area contributed by atoms with Crippen LogP contribution in [0, 0.1) is 0 Å². The maximum atomic E-state index is 10.7. The number of benzene rings is 3. The van der Waals surface area contributed by atoms with Crippen molar-refractivity contribution < 1.29 is 5.11 Å².